The van der Waals surface area contributed by atoms with Crippen LogP contribution in [0.1, 0.15) is 22.3 Å². The van der Waals surface area contributed by atoms with Gasteiger partial charge in [0.2, 0.25) is 0 Å². The number of nitrogens with one attached hydrogen (secondary N) is 2. The molecule has 0 atom stereocenters. The molecule has 1 aliphatic rings. The quantitative estimate of drug-likeness (QED) is 0.864. The fourth-order valence-electron chi connectivity index (χ4n) is 2.31. The van der Waals surface area contributed by atoms with E-state index in [0.29, 0.717) is 0 Å². The highest BCUT2D eigenvalue weighted by atomic mass is 15.0. The predicted molar refractivity (Wildman–Crippen MR) is 73.3 cm³/mol. The Balaban J connectivity index is 1.72. The largest absolute Gasteiger partial charge is 0.366 e. The lowest BCUT2D eigenvalue weighted by molar-refractivity contribution is 0.764. The number of nitrogens with zero attached hydrogens (tertiary/aromatic N) is 1. The summed E-state index contributed by atoms with van der Waals surface area (Å²) in [7, 11) is 0. The molecule has 0 saturated heterocycles. The van der Waals surface area contributed by atoms with Gasteiger partial charge in [-0.3, -0.25) is 0 Å². The minimum absolute atomic E-state index is 0.825. The lowest BCUT2D eigenvalue weighted by Crippen LogP contribution is -2.03. The Morgan fingerprint density at radius 1 is 1.22 bits per heavy atom. The molecule has 0 fully saturated rings. The molecule has 3 nitrogen and oxygen atoms in total. The summed E-state index contributed by atoms with van der Waals surface area (Å²) >= 11 is 0. The summed E-state index contributed by atoms with van der Waals surface area (Å²) in [4.78, 5) is 4.34. The van der Waals surface area contributed by atoms with Crippen molar-refractivity contribution in [2.24, 2.45) is 0 Å². The Bertz CT molecular complexity index is 563. The molecule has 0 spiro atoms. The monoisotopic (exact) mass is 239 g/mol. The molecule has 2 N–H and O–H groups in total. The molecule has 92 valence electrons. The summed E-state index contributed by atoms with van der Waals surface area (Å²) in [5.41, 5.74) is 5.34. The topological polar surface area (TPSA) is 37.0 Å². The number of hydrogen-bond acceptors (Lipinski definition) is 3. The lowest BCUT2D eigenvalue weighted by Gasteiger charge is -2.09. The van der Waals surface area contributed by atoms with E-state index in [4.69, 9.17) is 0 Å². The van der Waals surface area contributed by atoms with Crippen molar-refractivity contribution in [2.45, 2.75) is 26.6 Å². The van der Waals surface area contributed by atoms with E-state index < -0.39 is 0 Å². The molecule has 0 radical (unpaired) electrons. The zero-order chi connectivity index (χ0) is 12.4. The van der Waals surface area contributed by atoms with E-state index >= 15 is 0 Å². The number of aromatic nitrogens is 1. The number of anilines is 1. The highest BCUT2D eigenvalue weighted by Crippen LogP contribution is 2.18. The summed E-state index contributed by atoms with van der Waals surface area (Å²) in [5.74, 6) is 0.969. The molecule has 1 aromatic carbocycles. The third-order valence-electron chi connectivity index (χ3n) is 3.37. The fraction of sp³-hybridized carbons (Fsp3) is 0.267. The van der Waals surface area contributed by atoms with Crippen molar-refractivity contribution in [1.29, 1.82) is 0 Å². The summed E-state index contributed by atoms with van der Waals surface area (Å²) < 4.78 is 0. The molecular weight excluding hydrogens is 222 g/mol. The Morgan fingerprint density at radius 2 is 2.11 bits per heavy atom. The van der Waals surface area contributed by atoms with Gasteiger partial charge >= 0.3 is 0 Å². The van der Waals surface area contributed by atoms with E-state index in [1.165, 1.54) is 22.3 Å². The summed E-state index contributed by atoms with van der Waals surface area (Å²) in [6.45, 7) is 4.89. The maximum absolute atomic E-state index is 4.34. The number of rotatable bonds is 3. The number of fused-ring (bicyclic) bond motifs is 1. The first-order chi connectivity index (χ1) is 8.83. The van der Waals surface area contributed by atoms with E-state index in [1.54, 1.807) is 0 Å². The average molecular weight is 239 g/mol. The van der Waals surface area contributed by atoms with Crippen LogP contribution in [0.25, 0.3) is 0 Å². The molecule has 0 saturated carbocycles. The predicted octanol–water partition coefficient (Wildman–Crippen LogP) is 2.61. The molecule has 3 heteroatoms. The first kappa shape index (κ1) is 11.2. The van der Waals surface area contributed by atoms with Crippen LogP contribution in [0.5, 0.6) is 0 Å². The van der Waals surface area contributed by atoms with Crippen molar-refractivity contribution in [3.63, 3.8) is 0 Å². The summed E-state index contributed by atoms with van der Waals surface area (Å²) in [6, 6.07) is 10.7. The fourth-order valence-corrected chi connectivity index (χ4v) is 2.31. The second-order valence-corrected chi connectivity index (χ2v) is 4.73. The van der Waals surface area contributed by atoms with Gasteiger partial charge in [0.15, 0.2) is 0 Å². The maximum Gasteiger partial charge on any atom is 0.129 e. The SMILES string of the molecule is Cc1cccnc1NCc1ccc2c(c1)CNC2. The van der Waals surface area contributed by atoms with Crippen LogP contribution in [-0.2, 0) is 19.6 Å². The number of aryl methyl sites for hydroxylation is 1. The highest BCUT2D eigenvalue weighted by molar-refractivity contribution is 5.44. The average Bonchev–Trinajstić information content (AvgIpc) is 2.85. The summed E-state index contributed by atoms with van der Waals surface area (Å²) in [6.07, 6.45) is 1.82. The van der Waals surface area contributed by atoms with Gasteiger partial charge in [-0.2, -0.15) is 0 Å². The third kappa shape index (κ3) is 2.22. The molecule has 1 aromatic heterocycles. The van der Waals surface area contributed by atoms with Gasteiger partial charge in [0.25, 0.3) is 0 Å². The molecule has 0 unspecified atom stereocenters. The van der Waals surface area contributed by atoms with Gasteiger partial charge < -0.3 is 10.6 Å². The standard InChI is InChI=1S/C15H17N3/c1-11-3-2-6-17-15(11)18-8-12-4-5-13-9-16-10-14(13)7-12/h2-7,16H,8-10H2,1H3,(H,17,18). The maximum atomic E-state index is 4.34. The van der Waals surface area contributed by atoms with Crippen molar-refractivity contribution >= 4 is 5.82 Å². The number of hydrogen-bond donors (Lipinski definition) is 2. The van der Waals surface area contributed by atoms with Crippen molar-refractivity contribution in [3.8, 4) is 0 Å². The van der Waals surface area contributed by atoms with Crippen LogP contribution >= 0.6 is 0 Å². The van der Waals surface area contributed by atoms with E-state index in [0.717, 1.165) is 25.5 Å². The molecular formula is C15H17N3. The second-order valence-electron chi connectivity index (χ2n) is 4.73. The van der Waals surface area contributed by atoms with Gasteiger partial charge in [-0.25, -0.2) is 4.98 Å². The second kappa shape index (κ2) is 4.78. The van der Waals surface area contributed by atoms with Crippen LogP contribution < -0.4 is 10.6 Å². The van der Waals surface area contributed by atoms with E-state index in [-0.39, 0.29) is 0 Å². The highest BCUT2D eigenvalue weighted by Gasteiger charge is 2.09. The lowest BCUT2D eigenvalue weighted by atomic mass is 10.1. The van der Waals surface area contributed by atoms with Crippen molar-refractivity contribution < 1.29 is 0 Å². The van der Waals surface area contributed by atoms with E-state index in [1.807, 2.05) is 12.3 Å². The van der Waals surface area contributed by atoms with Gasteiger partial charge in [-0.1, -0.05) is 24.3 Å². The molecule has 0 aliphatic carbocycles. The minimum Gasteiger partial charge on any atom is -0.366 e. The first-order valence-electron chi connectivity index (χ1n) is 6.30. The van der Waals surface area contributed by atoms with Crippen molar-refractivity contribution in [1.82, 2.24) is 10.3 Å². The molecule has 18 heavy (non-hydrogen) atoms. The van der Waals surface area contributed by atoms with Crippen LogP contribution in [0, 0.1) is 6.92 Å². The molecule has 2 aromatic rings. The van der Waals surface area contributed by atoms with Crippen LogP contribution in [0.3, 0.4) is 0 Å². The van der Waals surface area contributed by atoms with Gasteiger partial charge in [0, 0.05) is 25.8 Å². The van der Waals surface area contributed by atoms with Crippen molar-refractivity contribution in [2.75, 3.05) is 5.32 Å². The Morgan fingerprint density at radius 3 is 3.00 bits per heavy atom. The molecule has 2 heterocycles. The minimum atomic E-state index is 0.825. The zero-order valence-corrected chi connectivity index (χ0v) is 10.5. The van der Waals surface area contributed by atoms with Gasteiger partial charge in [-0.05, 0) is 35.2 Å². The first-order valence-corrected chi connectivity index (χ1v) is 6.30. The van der Waals surface area contributed by atoms with E-state index in [9.17, 15) is 0 Å². The van der Waals surface area contributed by atoms with Crippen LogP contribution in [0.4, 0.5) is 5.82 Å². The van der Waals surface area contributed by atoms with Gasteiger partial charge in [0.05, 0.1) is 0 Å². The van der Waals surface area contributed by atoms with Gasteiger partial charge in [0.1, 0.15) is 5.82 Å². The molecule has 0 bridgehead atoms. The van der Waals surface area contributed by atoms with Gasteiger partial charge in [-0.15, -0.1) is 0 Å². The zero-order valence-electron chi connectivity index (χ0n) is 10.5. The van der Waals surface area contributed by atoms with Crippen LogP contribution in [-0.4, -0.2) is 4.98 Å². The smallest absolute Gasteiger partial charge is 0.129 e. The molecule has 3 rings (SSSR count). The van der Waals surface area contributed by atoms with Crippen LogP contribution in [0.2, 0.25) is 0 Å². The van der Waals surface area contributed by atoms with Crippen LogP contribution in [0.15, 0.2) is 36.5 Å². The van der Waals surface area contributed by atoms with E-state index in [2.05, 4.69) is 46.8 Å². The third-order valence-corrected chi connectivity index (χ3v) is 3.37. The Kier molecular flexibility index (Phi) is 2.99. The Hall–Kier alpha value is -1.87. The summed E-state index contributed by atoms with van der Waals surface area (Å²) in [5, 5.41) is 6.75. The number of benzene rings is 1. The number of pyridine rings is 1. The Labute approximate surface area is 107 Å². The van der Waals surface area contributed by atoms with Crippen molar-refractivity contribution in [3.05, 3.63) is 58.8 Å². The molecule has 0 amide bonds. The normalized spacial score (nSPS) is 13.4. The molecule has 1 aliphatic heterocycles.